The highest BCUT2D eigenvalue weighted by Crippen LogP contribution is 2.26. The molecule has 0 saturated carbocycles. The quantitative estimate of drug-likeness (QED) is 0.818. The van der Waals surface area contributed by atoms with Crippen molar-refractivity contribution in [3.05, 3.63) is 30.5 Å². The van der Waals surface area contributed by atoms with Crippen molar-refractivity contribution < 1.29 is 0 Å². The molecule has 0 radical (unpaired) electrons. The minimum atomic E-state index is 0.767. The van der Waals surface area contributed by atoms with Crippen molar-refractivity contribution in [1.29, 1.82) is 0 Å². The van der Waals surface area contributed by atoms with Gasteiger partial charge in [-0.25, -0.2) is 0 Å². The minimum absolute atomic E-state index is 0.767. The number of hydrogen-bond donors (Lipinski definition) is 1. The number of nitrogens with zero attached hydrogens (tertiary/aromatic N) is 2. The first kappa shape index (κ1) is 12.7. The SMILES string of the molecule is CCCCN(CC)c1ccnc2cc(N)ccc12. The summed E-state index contributed by atoms with van der Waals surface area (Å²) in [5.74, 6) is 0. The summed E-state index contributed by atoms with van der Waals surface area (Å²) in [6.45, 7) is 6.53. The van der Waals surface area contributed by atoms with Crippen LogP contribution in [0.3, 0.4) is 0 Å². The van der Waals surface area contributed by atoms with Gasteiger partial charge >= 0.3 is 0 Å². The lowest BCUT2D eigenvalue weighted by atomic mass is 10.1. The monoisotopic (exact) mass is 243 g/mol. The Hall–Kier alpha value is -1.77. The van der Waals surface area contributed by atoms with Gasteiger partial charge in [0.05, 0.1) is 5.52 Å². The summed E-state index contributed by atoms with van der Waals surface area (Å²) in [6.07, 6.45) is 4.30. The molecule has 3 heteroatoms. The summed E-state index contributed by atoms with van der Waals surface area (Å²) in [7, 11) is 0. The van der Waals surface area contributed by atoms with Crippen LogP contribution in [0.5, 0.6) is 0 Å². The van der Waals surface area contributed by atoms with E-state index >= 15 is 0 Å². The van der Waals surface area contributed by atoms with E-state index in [0.29, 0.717) is 0 Å². The van der Waals surface area contributed by atoms with Crippen LogP contribution in [-0.2, 0) is 0 Å². The number of pyridine rings is 1. The van der Waals surface area contributed by atoms with Crippen LogP contribution in [0.25, 0.3) is 10.9 Å². The van der Waals surface area contributed by atoms with Gasteiger partial charge in [0.1, 0.15) is 0 Å². The number of unbranched alkanes of at least 4 members (excludes halogenated alkanes) is 1. The fourth-order valence-corrected chi connectivity index (χ4v) is 2.22. The number of benzene rings is 1. The van der Waals surface area contributed by atoms with Crippen LogP contribution in [0.4, 0.5) is 11.4 Å². The molecule has 2 N–H and O–H groups in total. The Bertz CT molecular complexity index is 522. The molecule has 2 aromatic rings. The van der Waals surface area contributed by atoms with Crippen molar-refractivity contribution in [2.45, 2.75) is 26.7 Å². The van der Waals surface area contributed by atoms with Gasteiger partial charge in [-0.2, -0.15) is 0 Å². The fraction of sp³-hybridized carbons (Fsp3) is 0.400. The zero-order chi connectivity index (χ0) is 13.0. The lowest BCUT2D eigenvalue weighted by Gasteiger charge is -2.24. The Morgan fingerprint density at radius 3 is 2.78 bits per heavy atom. The van der Waals surface area contributed by atoms with Crippen LogP contribution >= 0.6 is 0 Å². The average Bonchev–Trinajstić information content (AvgIpc) is 2.39. The zero-order valence-electron chi connectivity index (χ0n) is 11.2. The van der Waals surface area contributed by atoms with Crippen molar-refractivity contribution in [1.82, 2.24) is 4.98 Å². The molecule has 0 saturated heterocycles. The van der Waals surface area contributed by atoms with Gasteiger partial charge in [-0.05, 0) is 37.6 Å². The third-order valence-corrected chi connectivity index (χ3v) is 3.25. The third-order valence-electron chi connectivity index (χ3n) is 3.25. The second-order valence-corrected chi connectivity index (χ2v) is 4.54. The van der Waals surface area contributed by atoms with Crippen LogP contribution in [-0.4, -0.2) is 18.1 Å². The number of aromatic nitrogens is 1. The topological polar surface area (TPSA) is 42.2 Å². The minimum Gasteiger partial charge on any atom is -0.399 e. The van der Waals surface area contributed by atoms with Gasteiger partial charge in [-0.15, -0.1) is 0 Å². The molecule has 0 atom stereocenters. The van der Waals surface area contributed by atoms with Gasteiger partial charge in [0, 0.05) is 36.0 Å². The maximum Gasteiger partial charge on any atom is 0.0743 e. The van der Waals surface area contributed by atoms with Crippen LogP contribution in [0.1, 0.15) is 26.7 Å². The first-order chi connectivity index (χ1) is 8.76. The van der Waals surface area contributed by atoms with E-state index in [1.54, 1.807) is 0 Å². The molecule has 96 valence electrons. The fourth-order valence-electron chi connectivity index (χ4n) is 2.22. The zero-order valence-corrected chi connectivity index (χ0v) is 11.2. The van der Waals surface area contributed by atoms with E-state index < -0.39 is 0 Å². The Kier molecular flexibility index (Phi) is 4.03. The molecule has 1 aromatic heterocycles. The summed E-state index contributed by atoms with van der Waals surface area (Å²) in [6, 6.07) is 8.05. The van der Waals surface area contributed by atoms with Crippen molar-refractivity contribution >= 4 is 22.3 Å². The maximum atomic E-state index is 5.81. The summed E-state index contributed by atoms with van der Waals surface area (Å²) in [5.41, 5.74) is 8.81. The van der Waals surface area contributed by atoms with Gasteiger partial charge in [0.2, 0.25) is 0 Å². The molecule has 18 heavy (non-hydrogen) atoms. The first-order valence-electron chi connectivity index (χ1n) is 6.65. The van der Waals surface area contributed by atoms with Gasteiger partial charge in [0.25, 0.3) is 0 Å². The van der Waals surface area contributed by atoms with E-state index in [1.165, 1.54) is 23.9 Å². The number of fused-ring (bicyclic) bond motifs is 1. The number of nitrogens with two attached hydrogens (primary N) is 1. The molecular weight excluding hydrogens is 222 g/mol. The van der Waals surface area contributed by atoms with Gasteiger partial charge in [-0.3, -0.25) is 4.98 Å². The Morgan fingerprint density at radius 2 is 2.06 bits per heavy atom. The summed E-state index contributed by atoms with van der Waals surface area (Å²) < 4.78 is 0. The van der Waals surface area contributed by atoms with Crippen LogP contribution < -0.4 is 10.6 Å². The third kappa shape index (κ3) is 2.55. The maximum absolute atomic E-state index is 5.81. The van der Waals surface area contributed by atoms with Crippen LogP contribution in [0.2, 0.25) is 0 Å². The van der Waals surface area contributed by atoms with Gasteiger partial charge < -0.3 is 10.6 Å². The molecule has 1 heterocycles. The van der Waals surface area contributed by atoms with E-state index in [4.69, 9.17) is 5.73 Å². The number of anilines is 2. The molecule has 0 spiro atoms. The number of nitrogen functional groups attached to an aromatic ring is 1. The molecule has 2 rings (SSSR count). The van der Waals surface area contributed by atoms with Crippen molar-refractivity contribution in [2.75, 3.05) is 23.7 Å². The van der Waals surface area contributed by atoms with Crippen molar-refractivity contribution in [3.63, 3.8) is 0 Å². The average molecular weight is 243 g/mol. The predicted octanol–water partition coefficient (Wildman–Crippen LogP) is 3.44. The second kappa shape index (κ2) is 5.71. The second-order valence-electron chi connectivity index (χ2n) is 4.54. The molecule has 0 unspecified atom stereocenters. The number of hydrogen-bond acceptors (Lipinski definition) is 3. The largest absolute Gasteiger partial charge is 0.399 e. The molecule has 0 fully saturated rings. The molecular formula is C15H21N3. The Morgan fingerprint density at radius 1 is 1.22 bits per heavy atom. The highest BCUT2D eigenvalue weighted by molar-refractivity contribution is 5.93. The Labute approximate surface area is 109 Å². The molecule has 0 aliphatic carbocycles. The highest BCUT2D eigenvalue weighted by Gasteiger charge is 2.08. The standard InChI is InChI=1S/C15H21N3/c1-3-5-10-18(4-2)15-8-9-17-14-11-12(16)6-7-13(14)15/h6-9,11H,3-5,10,16H2,1-2H3. The molecule has 3 nitrogen and oxygen atoms in total. The van der Waals surface area contributed by atoms with Crippen LogP contribution in [0, 0.1) is 0 Å². The van der Waals surface area contributed by atoms with E-state index in [-0.39, 0.29) is 0 Å². The Balaban J connectivity index is 2.42. The predicted molar refractivity (Wildman–Crippen MR) is 79.0 cm³/mol. The van der Waals surface area contributed by atoms with Crippen molar-refractivity contribution in [3.8, 4) is 0 Å². The highest BCUT2D eigenvalue weighted by atomic mass is 15.1. The normalized spacial score (nSPS) is 10.8. The lowest BCUT2D eigenvalue weighted by Crippen LogP contribution is -2.24. The lowest BCUT2D eigenvalue weighted by molar-refractivity contribution is 0.734. The van der Waals surface area contributed by atoms with Crippen LogP contribution in [0.15, 0.2) is 30.5 Å². The summed E-state index contributed by atoms with van der Waals surface area (Å²) in [5, 5.41) is 1.18. The summed E-state index contributed by atoms with van der Waals surface area (Å²) in [4.78, 5) is 6.80. The van der Waals surface area contributed by atoms with E-state index in [2.05, 4.69) is 35.9 Å². The van der Waals surface area contributed by atoms with Crippen molar-refractivity contribution in [2.24, 2.45) is 0 Å². The first-order valence-corrected chi connectivity index (χ1v) is 6.65. The molecule has 0 aliphatic rings. The van der Waals surface area contributed by atoms with E-state index in [0.717, 1.165) is 24.3 Å². The van der Waals surface area contributed by atoms with Gasteiger partial charge in [-0.1, -0.05) is 13.3 Å². The van der Waals surface area contributed by atoms with E-state index in [1.807, 2.05) is 18.3 Å². The van der Waals surface area contributed by atoms with E-state index in [9.17, 15) is 0 Å². The van der Waals surface area contributed by atoms with Gasteiger partial charge in [0.15, 0.2) is 0 Å². The molecule has 0 amide bonds. The smallest absolute Gasteiger partial charge is 0.0743 e. The number of rotatable bonds is 5. The molecule has 0 aliphatic heterocycles. The molecule has 0 bridgehead atoms. The summed E-state index contributed by atoms with van der Waals surface area (Å²) >= 11 is 0. The molecule has 1 aromatic carbocycles.